The molecule has 3 rings (SSSR count). The summed E-state index contributed by atoms with van der Waals surface area (Å²) in [6.07, 6.45) is 6.58. The lowest BCUT2D eigenvalue weighted by molar-refractivity contribution is 0.188. The van der Waals surface area contributed by atoms with E-state index in [0.29, 0.717) is 11.5 Å². The SMILES string of the molecule is c1ccc(C2(CNC3CCOC3)CCCC2)cc1. The molecule has 1 aromatic carbocycles. The monoisotopic (exact) mass is 245 g/mol. The van der Waals surface area contributed by atoms with Gasteiger partial charge in [-0.05, 0) is 24.8 Å². The number of benzene rings is 1. The summed E-state index contributed by atoms with van der Waals surface area (Å²) in [5, 5.41) is 3.74. The summed E-state index contributed by atoms with van der Waals surface area (Å²) in [5.41, 5.74) is 1.90. The first-order valence-corrected chi connectivity index (χ1v) is 7.26. The molecule has 1 saturated heterocycles. The lowest BCUT2D eigenvalue weighted by Gasteiger charge is -2.31. The van der Waals surface area contributed by atoms with Crippen LogP contribution in [-0.4, -0.2) is 25.8 Å². The Labute approximate surface area is 110 Å². The van der Waals surface area contributed by atoms with E-state index in [-0.39, 0.29) is 0 Å². The molecule has 18 heavy (non-hydrogen) atoms. The maximum absolute atomic E-state index is 5.45. The number of ether oxygens (including phenoxy) is 1. The van der Waals surface area contributed by atoms with Crippen LogP contribution in [-0.2, 0) is 10.2 Å². The average Bonchev–Trinajstić information content (AvgIpc) is 3.10. The highest BCUT2D eigenvalue weighted by atomic mass is 16.5. The lowest BCUT2D eigenvalue weighted by atomic mass is 9.78. The molecule has 1 unspecified atom stereocenters. The maximum Gasteiger partial charge on any atom is 0.0620 e. The van der Waals surface area contributed by atoms with Crippen LogP contribution in [0.25, 0.3) is 0 Å². The van der Waals surface area contributed by atoms with Gasteiger partial charge in [0.2, 0.25) is 0 Å². The normalized spacial score (nSPS) is 26.6. The van der Waals surface area contributed by atoms with Gasteiger partial charge in [0.15, 0.2) is 0 Å². The Hall–Kier alpha value is -0.860. The molecule has 1 N–H and O–H groups in total. The summed E-state index contributed by atoms with van der Waals surface area (Å²) in [6, 6.07) is 11.6. The van der Waals surface area contributed by atoms with Crippen molar-refractivity contribution in [2.45, 2.75) is 43.6 Å². The highest BCUT2D eigenvalue weighted by molar-refractivity contribution is 5.27. The molecule has 2 aliphatic rings. The second-order valence-electron chi connectivity index (χ2n) is 5.79. The minimum Gasteiger partial charge on any atom is -0.380 e. The van der Waals surface area contributed by atoms with Gasteiger partial charge in [-0.15, -0.1) is 0 Å². The number of rotatable bonds is 4. The Balaban J connectivity index is 1.70. The summed E-state index contributed by atoms with van der Waals surface area (Å²) < 4.78 is 5.45. The highest BCUT2D eigenvalue weighted by Gasteiger charge is 2.35. The zero-order valence-electron chi connectivity index (χ0n) is 11.0. The lowest BCUT2D eigenvalue weighted by Crippen LogP contribution is -2.41. The third kappa shape index (κ3) is 2.45. The first-order valence-electron chi connectivity index (χ1n) is 7.26. The van der Waals surface area contributed by atoms with Gasteiger partial charge in [0.1, 0.15) is 0 Å². The predicted octanol–water partition coefficient (Wildman–Crippen LogP) is 2.88. The predicted molar refractivity (Wildman–Crippen MR) is 73.8 cm³/mol. The van der Waals surface area contributed by atoms with Crippen LogP contribution in [0.4, 0.5) is 0 Å². The standard InChI is InChI=1S/C16H23NO/c1-2-6-14(7-3-1)16(9-4-5-10-16)13-17-15-8-11-18-12-15/h1-3,6-7,15,17H,4-5,8-13H2. The minimum absolute atomic E-state index is 0.379. The minimum atomic E-state index is 0.379. The van der Waals surface area contributed by atoms with Gasteiger partial charge >= 0.3 is 0 Å². The van der Waals surface area contributed by atoms with Crippen LogP contribution in [0, 0.1) is 0 Å². The fourth-order valence-electron chi connectivity index (χ4n) is 3.45. The second kappa shape index (κ2) is 5.41. The van der Waals surface area contributed by atoms with Gasteiger partial charge in [0.05, 0.1) is 6.61 Å². The van der Waals surface area contributed by atoms with E-state index in [2.05, 4.69) is 35.6 Å². The van der Waals surface area contributed by atoms with E-state index in [1.807, 2.05) is 0 Å². The average molecular weight is 245 g/mol. The van der Waals surface area contributed by atoms with E-state index >= 15 is 0 Å². The smallest absolute Gasteiger partial charge is 0.0620 e. The van der Waals surface area contributed by atoms with E-state index < -0.39 is 0 Å². The molecule has 1 heterocycles. The molecule has 2 nitrogen and oxygen atoms in total. The van der Waals surface area contributed by atoms with E-state index in [1.54, 1.807) is 0 Å². The Morgan fingerprint density at radius 2 is 1.94 bits per heavy atom. The molecule has 2 heteroatoms. The van der Waals surface area contributed by atoms with Gasteiger partial charge in [-0.1, -0.05) is 43.2 Å². The summed E-state index contributed by atoms with van der Waals surface area (Å²) in [5.74, 6) is 0. The molecule has 1 aliphatic carbocycles. The molecule has 1 atom stereocenters. The van der Waals surface area contributed by atoms with Crippen LogP contribution in [0.5, 0.6) is 0 Å². The van der Waals surface area contributed by atoms with Crippen molar-refractivity contribution in [2.75, 3.05) is 19.8 Å². The number of hydrogen-bond donors (Lipinski definition) is 1. The largest absolute Gasteiger partial charge is 0.380 e. The molecular weight excluding hydrogens is 222 g/mol. The van der Waals surface area contributed by atoms with E-state index in [9.17, 15) is 0 Å². The van der Waals surface area contributed by atoms with E-state index in [4.69, 9.17) is 4.74 Å². The first kappa shape index (κ1) is 12.2. The van der Waals surface area contributed by atoms with Crippen molar-refractivity contribution in [3.05, 3.63) is 35.9 Å². The highest BCUT2D eigenvalue weighted by Crippen LogP contribution is 2.40. The van der Waals surface area contributed by atoms with Gasteiger partial charge < -0.3 is 10.1 Å². The van der Waals surface area contributed by atoms with Crippen molar-refractivity contribution in [1.29, 1.82) is 0 Å². The van der Waals surface area contributed by atoms with Crippen LogP contribution in [0.2, 0.25) is 0 Å². The van der Waals surface area contributed by atoms with Crippen molar-refractivity contribution >= 4 is 0 Å². The Morgan fingerprint density at radius 3 is 2.61 bits per heavy atom. The third-order valence-corrected chi connectivity index (χ3v) is 4.61. The molecule has 1 aliphatic heterocycles. The quantitative estimate of drug-likeness (QED) is 0.880. The Bertz CT molecular complexity index is 364. The topological polar surface area (TPSA) is 21.3 Å². The second-order valence-corrected chi connectivity index (χ2v) is 5.79. The van der Waals surface area contributed by atoms with Gasteiger partial charge in [0.25, 0.3) is 0 Å². The molecule has 0 amide bonds. The number of nitrogens with one attached hydrogen (secondary N) is 1. The first-order chi connectivity index (χ1) is 8.89. The van der Waals surface area contributed by atoms with Gasteiger partial charge in [-0.3, -0.25) is 0 Å². The van der Waals surface area contributed by atoms with Crippen molar-refractivity contribution < 1.29 is 4.74 Å². The molecule has 1 aromatic rings. The Morgan fingerprint density at radius 1 is 1.17 bits per heavy atom. The van der Waals surface area contributed by atoms with Crippen LogP contribution in [0.1, 0.15) is 37.7 Å². The van der Waals surface area contributed by atoms with Gasteiger partial charge in [0, 0.05) is 24.6 Å². The fraction of sp³-hybridized carbons (Fsp3) is 0.625. The molecule has 0 spiro atoms. The summed E-state index contributed by atoms with van der Waals surface area (Å²) in [7, 11) is 0. The molecule has 0 radical (unpaired) electrons. The zero-order valence-corrected chi connectivity index (χ0v) is 11.0. The van der Waals surface area contributed by atoms with Crippen molar-refractivity contribution in [2.24, 2.45) is 0 Å². The van der Waals surface area contributed by atoms with Crippen LogP contribution in [0.3, 0.4) is 0 Å². The third-order valence-electron chi connectivity index (χ3n) is 4.61. The molecular formula is C16H23NO. The Kier molecular flexibility index (Phi) is 3.67. The maximum atomic E-state index is 5.45. The summed E-state index contributed by atoms with van der Waals surface area (Å²) in [4.78, 5) is 0. The van der Waals surface area contributed by atoms with E-state index in [0.717, 1.165) is 19.8 Å². The van der Waals surface area contributed by atoms with Crippen molar-refractivity contribution in [1.82, 2.24) is 5.32 Å². The van der Waals surface area contributed by atoms with Crippen LogP contribution < -0.4 is 5.32 Å². The summed E-state index contributed by atoms with van der Waals surface area (Å²) in [6.45, 7) is 2.94. The zero-order chi connectivity index (χ0) is 12.3. The van der Waals surface area contributed by atoms with Crippen molar-refractivity contribution in [3.8, 4) is 0 Å². The number of hydrogen-bond acceptors (Lipinski definition) is 2. The molecule has 2 fully saturated rings. The van der Waals surface area contributed by atoms with Crippen LogP contribution in [0.15, 0.2) is 30.3 Å². The van der Waals surface area contributed by atoms with Crippen molar-refractivity contribution in [3.63, 3.8) is 0 Å². The van der Waals surface area contributed by atoms with Gasteiger partial charge in [-0.2, -0.15) is 0 Å². The fourth-order valence-corrected chi connectivity index (χ4v) is 3.45. The molecule has 98 valence electrons. The van der Waals surface area contributed by atoms with Crippen LogP contribution >= 0.6 is 0 Å². The molecule has 0 aromatic heterocycles. The molecule has 1 saturated carbocycles. The van der Waals surface area contributed by atoms with E-state index in [1.165, 1.54) is 37.7 Å². The summed E-state index contributed by atoms with van der Waals surface area (Å²) >= 11 is 0. The molecule has 0 bridgehead atoms. The van der Waals surface area contributed by atoms with Gasteiger partial charge in [-0.25, -0.2) is 0 Å².